The van der Waals surface area contributed by atoms with Crippen molar-refractivity contribution in [3.05, 3.63) is 182 Å². The molecule has 514 valence electrons. The van der Waals surface area contributed by atoms with E-state index in [-0.39, 0.29) is 32.6 Å². The van der Waals surface area contributed by atoms with Gasteiger partial charge >= 0.3 is 19.8 Å². The Hall–Kier alpha value is -4.89. The molecule has 0 radical (unpaired) electrons. The molecule has 0 fully saturated rings. The van der Waals surface area contributed by atoms with Crippen molar-refractivity contribution in [2.45, 2.75) is 290 Å². The quantitative estimate of drug-likeness (QED) is 0.0264. The number of hydrogen-bond acceptors (Lipinski definition) is 8. The molecule has 0 aromatic heterocycles. The van der Waals surface area contributed by atoms with Crippen molar-refractivity contribution in [1.82, 2.24) is 0 Å². The Labute approximate surface area is 558 Å². The van der Waals surface area contributed by atoms with Gasteiger partial charge in [-0.25, -0.2) is 4.57 Å². The third-order valence-electron chi connectivity index (χ3n) is 14.8. The summed E-state index contributed by atoms with van der Waals surface area (Å²) in [5.41, 5.74) is 5.40. The maximum atomic E-state index is 12.8. The van der Waals surface area contributed by atoms with Crippen molar-refractivity contribution < 1.29 is 37.6 Å². The summed E-state index contributed by atoms with van der Waals surface area (Å²) in [6, 6.07) is 0. The highest BCUT2D eigenvalue weighted by Gasteiger charge is 2.26. The molecular formula is C81H132NO8P. The SMILES string of the molecule is CC/C=C\C/C=C\C/C=C\C/C=C\C/C=C\C/C=C\C/C=C\C/C=C\C/C=C\C/C=C\C/C=C\C/C=C\CCCCC(=O)OC(COC(=O)CCCCCCCCCCCCCCCCCC/C=C\C/C=C\C/C=C\CCCCCCC)COP(=O)(O)OCCN. The zero-order valence-electron chi connectivity index (χ0n) is 57.8. The number of rotatable bonds is 66. The molecule has 0 amide bonds. The number of allylic oxidation sites excluding steroid dienone is 30. The molecule has 0 aliphatic carbocycles. The van der Waals surface area contributed by atoms with E-state index < -0.39 is 32.5 Å². The van der Waals surface area contributed by atoms with Crippen LogP contribution in [0.5, 0.6) is 0 Å². The van der Waals surface area contributed by atoms with Gasteiger partial charge in [-0.05, 0) is 141 Å². The zero-order valence-corrected chi connectivity index (χ0v) is 58.6. The third-order valence-corrected chi connectivity index (χ3v) is 15.8. The molecule has 0 spiro atoms. The fourth-order valence-corrected chi connectivity index (χ4v) is 10.2. The van der Waals surface area contributed by atoms with Crippen molar-refractivity contribution in [1.29, 1.82) is 0 Å². The second-order valence-electron chi connectivity index (χ2n) is 23.4. The summed E-state index contributed by atoms with van der Waals surface area (Å²) in [4.78, 5) is 35.4. The molecule has 3 N–H and O–H groups in total. The first kappa shape index (κ1) is 86.1. The fourth-order valence-electron chi connectivity index (χ4n) is 9.45. The molecule has 0 aromatic carbocycles. The van der Waals surface area contributed by atoms with Gasteiger partial charge in [-0.1, -0.05) is 312 Å². The minimum atomic E-state index is -4.42. The molecule has 10 heteroatoms. The predicted octanol–water partition coefficient (Wildman–Crippen LogP) is 24.3. The lowest BCUT2D eigenvalue weighted by Gasteiger charge is -2.19. The normalized spacial score (nSPS) is 14.0. The summed E-state index contributed by atoms with van der Waals surface area (Å²) < 4.78 is 33.1. The van der Waals surface area contributed by atoms with Crippen LogP contribution in [0, 0.1) is 0 Å². The van der Waals surface area contributed by atoms with Crippen molar-refractivity contribution in [2.24, 2.45) is 5.73 Å². The molecule has 2 atom stereocenters. The predicted molar refractivity (Wildman–Crippen MR) is 394 cm³/mol. The summed E-state index contributed by atoms with van der Waals surface area (Å²) in [7, 11) is -4.42. The highest BCUT2D eigenvalue weighted by Crippen LogP contribution is 2.43. The Morgan fingerprint density at radius 2 is 0.604 bits per heavy atom. The van der Waals surface area contributed by atoms with Gasteiger partial charge in [-0.15, -0.1) is 0 Å². The van der Waals surface area contributed by atoms with Crippen LogP contribution in [-0.2, 0) is 32.7 Å². The molecule has 0 aliphatic rings. The molecule has 91 heavy (non-hydrogen) atoms. The van der Waals surface area contributed by atoms with E-state index in [4.69, 9.17) is 24.3 Å². The van der Waals surface area contributed by atoms with E-state index in [9.17, 15) is 19.0 Å². The summed E-state index contributed by atoms with van der Waals surface area (Å²) >= 11 is 0. The second-order valence-corrected chi connectivity index (χ2v) is 24.8. The number of esters is 2. The first-order chi connectivity index (χ1) is 44.8. The molecule has 0 aliphatic heterocycles. The van der Waals surface area contributed by atoms with Gasteiger partial charge in [-0.3, -0.25) is 18.6 Å². The van der Waals surface area contributed by atoms with E-state index in [0.717, 1.165) is 122 Å². The average molecular weight is 1280 g/mol. The topological polar surface area (TPSA) is 134 Å². The second kappa shape index (κ2) is 74.2. The Balaban J connectivity index is 4.03. The number of nitrogens with two attached hydrogens (primary N) is 1. The summed E-state index contributed by atoms with van der Waals surface area (Å²) in [5.74, 6) is -0.886. The first-order valence-electron chi connectivity index (χ1n) is 36.3. The number of ether oxygens (including phenoxy) is 2. The Kier molecular flexibility index (Phi) is 70.2. The van der Waals surface area contributed by atoms with Gasteiger partial charge in [-0.2, -0.15) is 0 Å². The van der Waals surface area contributed by atoms with Gasteiger partial charge in [0.05, 0.1) is 13.2 Å². The van der Waals surface area contributed by atoms with Gasteiger partial charge in [0, 0.05) is 19.4 Å². The molecule has 9 nitrogen and oxygen atoms in total. The molecule has 0 saturated heterocycles. The van der Waals surface area contributed by atoms with Crippen LogP contribution in [0.1, 0.15) is 284 Å². The first-order valence-corrected chi connectivity index (χ1v) is 37.8. The van der Waals surface area contributed by atoms with Gasteiger partial charge in [0.15, 0.2) is 6.10 Å². The van der Waals surface area contributed by atoms with Crippen molar-refractivity contribution in [3.8, 4) is 0 Å². The number of hydrogen-bond donors (Lipinski definition) is 2. The smallest absolute Gasteiger partial charge is 0.462 e. The van der Waals surface area contributed by atoms with Crippen LogP contribution in [0.4, 0.5) is 0 Å². The Morgan fingerprint density at radius 3 is 0.923 bits per heavy atom. The highest BCUT2D eigenvalue weighted by molar-refractivity contribution is 7.47. The summed E-state index contributed by atoms with van der Waals surface area (Å²) in [6.07, 6.45) is 111. The van der Waals surface area contributed by atoms with E-state index in [1.807, 2.05) is 0 Å². The van der Waals surface area contributed by atoms with Gasteiger partial charge in [0.1, 0.15) is 6.61 Å². The van der Waals surface area contributed by atoms with Crippen LogP contribution in [-0.4, -0.2) is 49.3 Å². The maximum Gasteiger partial charge on any atom is 0.472 e. The lowest BCUT2D eigenvalue weighted by atomic mass is 10.0. The molecule has 0 aromatic rings. The number of unbranched alkanes of at least 4 members (excludes halogenated alkanes) is 23. The number of carbonyl (C=O) groups is 2. The zero-order chi connectivity index (χ0) is 65.8. The van der Waals surface area contributed by atoms with Crippen LogP contribution >= 0.6 is 7.82 Å². The molecule has 2 unspecified atom stereocenters. The van der Waals surface area contributed by atoms with Gasteiger partial charge in [0.2, 0.25) is 0 Å². The number of phosphoric acid groups is 1. The maximum absolute atomic E-state index is 12.8. The molecule has 0 heterocycles. The van der Waals surface area contributed by atoms with Crippen molar-refractivity contribution in [2.75, 3.05) is 26.4 Å². The Morgan fingerprint density at radius 1 is 0.341 bits per heavy atom. The lowest BCUT2D eigenvalue weighted by molar-refractivity contribution is -0.161. The fraction of sp³-hybridized carbons (Fsp3) is 0.605. The van der Waals surface area contributed by atoms with Crippen molar-refractivity contribution in [3.63, 3.8) is 0 Å². The highest BCUT2D eigenvalue weighted by atomic mass is 31.2. The lowest BCUT2D eigenvalue weighted by Crippen LogP contribution is -2.29. The minimum Gasteiger partial charge on any atom is -0.462 e. The monoisotopic (exact) mass is 1280 g/mol. The Bertz CT molecular complexity index is 2150. The van der Waals surface area contributed by atoms with E-state index in [2.05, 4.69) is 196 Å². The van der Waals surface area contributed by atoms with Crippen LogP contribution < -0.4 is 5.73 Å². The average Bonchev–Trinajstić information content (AvgIpc) is 3.71. The summed E-state index contributed by atoms with van der Waals surface area (Å²) in [5, 5.41) is 0. The van der Waals surface area contributed by atoms with Crippen LogP contribution in [0.3, 0.4) is 0 Å². The number of carbonyl (C=O) groups excluding carboxylic acids is 2. The molecule has 0 saturated carbocycles. The third kappa shape index (κ3) is 74.0. The van der Waals surface area contributed by atoms with E-state index in [1.54, 1.807) is 0 Å². The standard InChI is InChI=1S/C81H132NO8P/c1-3-5-7-9-11-13-15-17-19-21-23-25-27-29-31-33-35-36-37-38-39-40-41-42-44-46-48-50-52-54-56-58-60-62-64-66-68-70-72-74-81(84)90-79(78-89-91(85,86)88-76-75-82)77-87-80(83)73-71-69-67-65-63-61-59-57-55-53-51-49-47-45-43-34-32-30-28-26-24-22-20-18-16-14-12-10-8-6-4-2/h5,7,11,13,16-19,22-25,28-31,35-36,38-39,41-42,46,48,52,54,58,60,64,66,79H,3-4,6,8-10,12,14-15,20-21,26-27,32-34,37,40,43-45,47,49-51,53,55-57,59,61-63,65,67-78,82H2,1-2H3,(H,85,86)/b7-5-,13-11-,18-16-,19-17-,24-22-,25-23-,30-28-,31-29-,36-35-,39-38-,42-41-,48-46-,54-52-,60-58-,66-64-. The molecule has 0 bridgehead atoms. The van der Waals surface area contributed by atoms with Crippen LogP contribution in [0.15, 0.2) is 182 Å². The van der Waals surface area contributed by atoms with E-state index >= 15 is 0 Å². The van der Waals surface area contributed by atoms with E-state index in [1.165, 1.54) is 128 Å². The molecule has 0 rings (SSSR count). The van der Waals surface area contributed by atoms with Crippen LogP contribution in [0.25, 0.3) is 0 Å². The minimum absolute atomic E-state index is 0.0373. The molecular weight excluding hydrogens is 1150 g/mol. The van der Waals surface area contributed by atoms with Gasteiger partial charge in [0.25, 0.3) is 0 Å². The van der Waals surface area contributed by atoms with E-state index in [0.29, 0.717) is 6.42 Å². The largest absolute Gasteiger partial charge is 0.472 e. The summed E-state index contributed by atoms with van der Waals surface area (Å²) in [6.45, 7) is 3.57. The van der Waals surface area contributed by atoms with Gasteiger partial charge < -0.3 is 20.1 Å². The number of phosphoric ester groups is 1. The van der Waals surface area contributed by atoms with Crippen molar-refractivity contribution >= 4 is 19.8 Å². The van der Waals surface area contributed by atoms with Crippen LogP contribution in [0.2, 0.25) is 0 Å².